The highest BCUT2D eigenvalue weighted by atomic mass is 16.2. The molecule has 4 nitrogen and oxygen atoms in total. The van der Waals surface area contributed by atoms with E-state index in [1.807, 2.05) is 13.8 Å². The molecule has 5 N–H and O–H groups in total. The second kappa shape index (κ2) is 6.97. The van der Waals surface area contributed by atoms with Gasteiger partial charge in [0.25, 0.3) is 0 Å². The molecule has 0 aromatic heterocycles. The number of carbonyl (C=O) groups is 1. The monoisotopic (exact) mass is 241 g/mol. The SMILES string of the molecule is CC(C)[C@H](N)C(=O)NC(CN)C1CCCCC1. The van der Waals surface area contributed by atoms with E-state index in [0.717, 1.165) is 0 Å². The highest BCUT2D eigenvalue weighted by Gasteiger charge is 2.26. The van der Waals surface area contributed by atoms with Crippen LogP contribution in [0.3, 0.4) is 0 Å². The van der Waals surface area contributed by atoms with Gasteiger partial charge in [-0.25, -0.2) is 0 Å². The molecule has 1 fully saturated rings. The number of amides is 1. The van der Waals surface area contributed by atoms with E-state index < -0.39 is 6.04 Å². The summed E-state index contributed by atoms with van der Waals surface area (Å²) in [4.78, 5) is 11.9. The van der Waals surface area contributed by atoms with Crippen molar-refractivity contribution in [2.75, 3.05) is 6.54 Å². The number of nitrogens with two attached hydrogens (primary N) is 2. The Labute approximate surface area is 105 Å². The average molecular weight is 241 g/mol. The fourth-order valence-electron chi connectivity index (χ4n) is 2.49. The molecule has 1 saturated carbocycles. The van der Waals surface area contributed by atoms with Crippen LogP contribution in [0.25, 0.3) is 0 Å². The van der Waals surface area contributed by atoms with Gasteiger partial charge in [-0.2, -0.15) is 0 Å². The zero-order valence-corrected chi connectivity index (χ0v) is 11.1. The maximum Gasteiger partial charge on any atom is 0.237 e. The fraction of sp³-hybridized carbons (Fsp3) is 0.923. The summed E-state index contributed by atoms with van der Waals surface area (Å²) >= 11 is 0. The third kappa shape index (κ3) is 4.28. The highest BCUT2D eigenvalue weighted by molar-refractivity contribution is 5.82. The second-order valence-electron chi connectivity index (χ2n) is 5.52. The van der Waals surface area contributed by atoms with Gasteiger partial charge in [0, 0.05) is 12.6 Å². The molecular formula is C13H27N3O. The first kappa shape index (κ1) is 14.5. The van der Waals surface area contributed by atoms with Crippen molar-refractivity contribution in [3.63, 3.8) is 0 Å². The van der Waals surface area contributed by atoms with Gasteiger partial charge in [-0.1, -0.05) is 33.1 Å². The summed E-state index contributed by atoms with van der Waals surface area (Å²) in [5.74, 6) is 0.651. The Bertz CT molecular complexity index is 237. The van der Waals surface area contributed by atoms with E-state index in [9.17, 15) is 4.79 Å². The number of hydrogen-bond acceptors (Lipinski definition) is 3. The van der Waals surface area contributed by atoms with Crippen molar-refractivity contribution >= 4 is 5.91 Å². The third-order valence-corrected chi connectivity index (χ3v) is 3.82. The molecule has 0 radical (unpaired) electrons. The first-order valence-corrected chi connectivity index (χ1v) is 6.82. The predicted molar refractivity (Wildman–Crippen MR) is 70.4 cm³/mol. The van der Waals surface area contributed by atoms with Crippen LogP contribution in [0.1, 0.15) is 46.0 Å². The summed E-state index contributed by atoms with van der Waals surface area (Å²) in [6.45, 7) is 4.44. The van der Waals surface area contributed by atoms with Crippen LogP contribution in [0, 0.1) is 11.8 Å². The summed E-state index contributed by atoms with van der Waals surface area (Å²) in [7, 11) is 0. The van der Waals surface area contributed by atoms with Crippen molar-refractivity contribution in [2.45, 2.75) is 58.0 Å². The lowest BCUT2D eigenvalue weighted by molar-refractivity contribution is -0.124. The normalized spacial score (nSPS) is 21.2. The van der Waals surface area contributed by atoms with Crippen molar-refractivity contribution in [3.05, 3.63) is 0 Å². The topological polar surface area (TPSA) is 81.1 Å². The zero-order valence-electron chi connectivity index (χ0n) is 11.1. The van der Waals surface area contributed by atoms with Crippen molar-refractivity contribution in [3.8, 4) is 0 Å². The molecule has 0 heterocycles. The van der Waals surface area contributed by atoms with Crippen LogP contribution in [0.2, 0.25) is 0 Å². The van der Waals surface area contributed by atoms with Crippen molar-refractivity contribution < 1.29 is 4.79 Å². The standard InChI is InChI=1S/C13H27N3O/c1-9(2)12(15)13(17)16-11(8-14)10-6-4-3-5-7-10/h9-12H,3-8,14-15H2,1-2H3,(H,16,17)/t11?,12-/m0/s1. The van der Waals surface area contributed by atoms with Crippen LogP contribution in [0.15, 0.2) is 0 Å². The Morgan fingerprint density at radius 2 is 1.88 bits per heavy atom. The lowest BCUT2D eigenvalue weighted by Crippen LogP contribution is -2.52. The van der Waals surface area contributed by atoms with Crippen molar-refractivity contribution in [1.82, 2.24) is 5.32 Å². The van der Waals surface area contributed by atoms with Crippen molar-refractivity contribution in [2.24, 2.45) is 23.3 Å². The number of nitrogens with one attached hydrogen (secondary N) is 1. The largest absolute Gasteiger partial charge is 0.350 e. The Morgan fingerprint density at radius 3 is 2.35 bits per heavy atom. The smallest absolute Gasteiger partial charge is 0.237 e. The van der Waals surface area contributed by atoms with E-state index in [-0.39, 0.29) is 17.9 Å². The average Bonchev–Trinajstić information content (AvgIpc) is 2.35. The Kier molecular flexibility index (Phi) is 5.92. The number of carbonyl (C=O) groups excluding carboxylic acids is 1. The Morgan fingerprint density at radius 1 is 1.29 bits per heavy atom. The van der Waals surface area contributed by atoms with Crippen LogP contribution in [-0.2, 0) is 4.79 Å². The lowest BCUT2D eigenvalue weighted by Gasteiger charge is -2.31. The van der Waals surface area contributed by atoms with Crippen LogP contribution in [0.4, 0.5) is 0 Å². The van der Waals surface area contributed by atoms with Crippen molar-refractivity contribution in [1.29, 1.82) is 0 Å². The molecule has 1 unspecified atom stereocenters. The molecule has 1 rings (SSSR count). The van der Waals surface area contributed by atoms with E-state index in [4.69, 9.17) is 11.5 Å². The third-order valence-electron chi connectivity index (χ3n) is 3.82. The molecule has 0 bridgehead atoms. The van der Waals surface area contributed by atoms with E-state index in [2.05, 4.69) is 5.32 Å². The molecule has 100 valence electrons. The van der Waals surface area contributed by atoms with Gasteiger partial charge in [-0.15, -0.1) is 0 Å². The van der Waals surface area contributed by atoms with Gasteiger partial charge in [0.15, 0.2) is 0 Å². The molecule has 1 aliphatic carbocycles. The quantitative estimate of drug-likeness (QED) is 0.671. The molecule has 0 aromatic rings. The molecule has 2 atom stereocenters. The van der Waals surface area contributed by atoms with Gasteiger partial charge in [0.2, 0.25) is 5.91 Å². The molecule has 0 spiro atoms. The number of hydrogen-bond donors (Lipinski definition) is 3. The zero-order chi connectivity index (χ0) is 12.8. The van der Waals surface area contributed by atoms with Gasteiger partial charge in [0.1, 0.15) is 0 Å². The maximum absolute atomic E-state index is 11.9. The summed E-state index contributed by atoms with van der Waals surface area (Å²) in [6.07, 6.45) is 6.19. The molecular weight excluding hydrogens is 214 g/mol. The summed E-state index contributed by atoms with van der Waals surface area (Å²) in [5, 5.41) is 3.03. The second-order valence-corrected chi connectivity index (χ2v) is 5.52. The maximum atomic E-state index is 11.9. The van der Waals surface area contributed by atoms with Gasteiger partial charge < -0.3 is 16.8 Å². The summed E-state index contributed by atoms with van der Waals surface area (Å²) < 4.78 is 0. The molecule has 1 aliphatic rings. The highest BCUT2D eigenvalue weighted by Crippen LogP contribution is 2.26. The van der Waals surface area contributed by atoms with Gasteiger partial charge in [-0.05, 0) is 24.7 Å². The predicted octanol–water partition coefficient (Wildman–Crippen LogP) is 0.994. The van der Waals surface area contributed by atoms with Crippen LogP contribution in [-0.4, -0.2) is 24.5 Å². The fourth-order valence-corrected chi connectivity index (χ4v) is 2.49. The summed E-state index contributed by atoms with van der Waals surface area (Å²) in [6, 6.07) is -0.319. The van der Waals surface area contributed by atoms with Gasteiger partial charge >= 0.3 is 0 Å². The van der Waals surface area contributed by atoms with E-state index in [1.54, 1.807) is 0 Å². The van der Waals surface area contributed by atoms with Crippen LogP contribution < -0.4 is 16.8 Å². The minimum absolute atomic E-state index is 0.0546. The Balaban J connectivity index is 2.47. The molecule has 0 saturated heterocycles. The van der Waals surface area contributed by atoms with E-state index in [1.165, 1.54) is 32.1 Å². The Hall–Kier alpha value is -0.610. The molecule has 17 heavy (non-hydrogen) atoms. The number of rotatable bonds is 5. The first-order valence-electron chi connectivity index (χ1n) is 6.82. The van der Waals surface area contributed by atoms with Crippen LogP contribution in [0.5, 0.6) is 0 Å². The molecule has 1 amide bonds. The minimum atomic E-state index is -0.423. The molecule has 0 aliphatic heterocycles. The van der Waals surface area contributed by atoms with Crippen LogP contribution >= 0.6 is 0 Å². The van der Waals surface area contributed by atoms with Gasteiger partial charge in [0.05, 0.1) is 6.04 Å². The minimum Gasteiger partial charge on any atom is -0.350 e. The van der Waals surface area contributed by atoms with E-state index >= 15 is 0 Å². The summed E-state index contributed by atoms with van der Waals surface area (Å²) in [5.41, 5.74) is 11.6. The van der Waals surface area contributed by atoms with Gasteiger partial charge in [-0.3, -0.25) is 4.79 Å². The van der Waals surface area contributed by atoms with E-state index in [0.29, 0.717) is 12.5 Å². The molecule has 4 heteroatoms. The first-order chi connectivity index (χ1) is 8.06. The lowest BCUT2D eigenvalue weighted by atomic mass is 9.83. The molecule has 0 aromatic carbocycles.